The van der Waals surface area contributed by atoms with Crippen molar-refractivity contribution in [2.24, 2.45) is 5.92 Å². The van der Waals surface area contributed by atoms with Crippen LogP contribution in [0.1, 0.15) is 22.7 Å². The minimum atomic E-state index is -0.206. The third-order valence-corrected chi connectivity index (χ3v) is 2.43. The van der Waals surface area contributed by atoms with Gasteiger partial charge in [0, 0.05) is 25.1 Å². The second-order valence-electron chi connectivity index (χ2n) is 3.77. The van der Waals surface area contributed by atoms with E-state index in [2.05, 4.69) is 10.5 Å². The number of carbonyl (C=O) groups is 1. The molecule has 1 atom stereocenters. The lowest BCUT2D eigenvalue weighted by Crippen LogP contribution is -2.29. The molecule has 0 bridgehead atoms. The van der Waals surface area contributed by atoms with Crippen molar-refractivity contribution in [1.29, 1.82) is 0 Å². The van der Waals surface area contributed by atoms with Gasteiger partial charge in [-0.1, -0.05) is 5.16 Å². The third kappa shape index (κ3) is 2.56. The van der Waals surface area contributed by atoms with Crippen molar-refractivity contribution in [3.63, 3.8) is 0 Å². The van der Waals surface area contributed by atoms with Crippen molar-refractivity contribution < 1.29 is 14.1 Å². The summed E-state index contributed by atoms with van der Waals surface area (Å²) in [6.45, 7) is 3.95. The highest BCUT2D eigenvalue weighted by molar-refractivity contribution is 5.91. The Hall–Kier alpha value is -1.36. The van der Waals surface area contributed by atoms with E-state index in [4.69, 9.17) is 9.26 Å². The molecule has 5 heteroatoms. The van der Waals surface area contributed by atoms with Crippen molar-refractivity contribution in [3.05, 3.63) is 17.5 Å². The Morgan fingerprint density at radius 2 is 2.60 bits per heavy atom. The number of hydrogen-bond donors (Lipinski definition) is 1. The number of aromatic nitrogens is 1. The molecule has 5 nitrogen and oxygen atoms in total. The molecule has 1 aliphatic rings. The maximum absolute atomic E-state index is 11.5. The van der Waals surface area contributed by atoms with Gasteiger partial charge in [-0.25, -0.2) is 0 Å². The molecule has 1 saturated heterocycles. The minimum Gasteiger partial charge on any atom is -0.381 e. The first-order valence-electron chi connectivity index (χ1n) is 5.05. The van der Waals surface area contributed by atoms with Gasteiger partial charge in [0.05, 0.1) is 12.3 Å². The molecule has 0 unspecified atom stereocenters. The fraction of sp³-hybridized carbons (Fsp3) is 0.600. The van der Waals surface area contributed by atoms with Gasteiger partial charge in [0.2, 0.25) is 5.76 Å². The molecule has 1 aliphatic heterocycles. The molecule has 82 valence electrons. The minimum absolute atomic E-state index is 0.206. The van der Waals surface area contributed by atoms with Crippen LogP contribution in [0.15, 0.2) is 10.6 Å². The predicted octanol–water partition coefficient (Wildman–Crippen LogP) is 0.749. The normalized spacial score (nSPS) is 20.5. The van der Waals surface area contributed by atoms with Gasteiger partial charge >= 0.3 is 0 Å². The van der Waals surface area contributed by atoms with Crippen molar-refractivity contribution in [3.8, 4) is 0 Å². The van der Waals surface area contributed by atoms with Crippen LogP contribution in [0.2, 0.25) is 0 Å². The molecule has 0 aromatic carbocycles. The van der Waals surface area contributed by atoms with Gasteiger partial charge < -0.3 is 14.6 Å². The molecule has 15 heavy (non-hydrogen) atoms. The molecular weight excluding hydrogens is 196 g/mol. The number of ether oxygens (including phenoxy) is 1. The number of nitrogens with one attached hydrogen (secondary N) is 1. The van der Waals surface area contributed by atoms with E-state index >= 15 is 0 Å². The lowest BCUT2D eigenvalue weighted by atomic mass is 10.1. The highest BCUT2D eigenvalue weighted by Crippen LogP contribution is 2.11. The Balaban J connectivity index is 1.81. The molecule has 1 fully saturated rings. The topological polar surface area (TPSA) is 64.4 Å². The van der Waals surface area contributed by atoms with Crippen molar-refractivity contribution in [1.82, 2.24) is 10.5 Å². The fourth-order valence-corrected chi connectivity index (χ4v) is 1.54. The summed E-state index contributed by atoms with van der Waals surface area (Å²) in [6, 6.07) is 1.63. The summed E-state index contributed by atoms with van der Waals surface area (Å²) in [6.07, 6.45) is 1.01. The van der Waals surface area contributed by atoms with Gasteiger partial charge in [0.1, 0.15) is 0 Å². The smallest absolute Gasteiger partial charge is 0.289 e. The van der Waals surface area contributed by atoms with Crippen LogP contribution in [-0.4, -0.2) is 30.8 Å². The van der Waals surface area contributed by atoms with E-state index in [1.165, 1.54) is 0 Å². The molecule has 0 spiro atoms. The lowest BCUT2D eigenvalue weighted by Gasteiger charge is -2.07. The van der Waals surface area contributed by atoms with Crippen LogP contribution in [-0.2, 0) is 4.74 Å². The SMILES string of the molecule is Cc1cc(C(=O)NC[C@@H]2CCOC2)on1. The van der Waals surface area contributed by atoms with Crippen LogP contribution in [0.4, 0.5) is 0 Å². The summed E-state index contributed by atoms with van der Waals surface area (Å²) >= 11 is 0. The van der Waals surface area contributed by atoms with E-state index in [-0.39, 0.29) is 11.7 Å². The van der Waals surface area contributed by atoms with Crippen LogP contribution >= 0.6 is 0 Å². The number of hydrogen-bond acceptors (Lipinski definition) is 4. The van der Waals surface area contributed by atoms with Gasteiger partial charge in [-0.15, -0.1) is 0 Å². The zero-order valence-electron chi connectivity index (χ0n) is 8.66. The molecule has 0 saturated carbocycles. The molecule has 2 rings (SSSR count). The average molecular weight is 210 g/mol. The summed E-state index contributed by atoms with van der Waals surface area (Å²) in [4.78, 5) is 11.5. The summed E-state index contributed by atoms with van der Waals surface area (Å²) in [5.41, 5.74) is 0.712. The second-order valence-corrected chi connectivity index (χ2v) is 3.77. The highest BCUT2D eigenvalue weighted by atomic mass is 16.5. The zero-order chi connectivity index (χ0) is 10.7. The molecule has 0 aliphatic carbocycles. The molecule has 0 radical (unpaired) electrons. The maximum Gasteiger partial charge on any atom is 0.289 e. The summed E-state index contributed by atoms with van der Waals surface area (Å²) in [7, 11) is 0. The monoisotopic (exact) mass is 210 g/mol. The average Bonchev–Trinajstić information content (AvgIpc) is 2.84. The highest BCUT2D eigenvalue weighted by Gasteiger charge is 2.18. The fourth-order valence-electron chi connectivity index (χ4n) is 1.54. The first kappa shape index (κ1) is 10.2. The van der Waals surface area contributed by atoms with E-state index in [1.807, 2.05) is 0 Å². The largest absolute Gasteiger partial charge is 0.381 e. The van der Waals surface area contributed by atoms with Crippen LogP contribution in [0, 0.1) is 12.8 Å². The van der Waals surface area contributed by atoms with Crippen molar-refractivity contribution in [2.75, 3.05) is 19.8 Å². The number of carbonyl (C=O) groups excluding carboxylic acids is 1. The number of aryl methyl sites for hydroxylation is 1. The number of rotatable bonds is 3. The number of amides is 1. The van der Waals surface area contributed by atoms with E-state index in [9.17, 15) is 4.79 Å². The van der Waals surface area contributed by atoms with Crippen molar-refractivity contribution >= 4 is 5.91 Å². The Labute approximate surface area is 87.8 Å². The Kier molecular flexibility index (Phi) is 3.01. The third-order valence-electron chi connectivity index (χ3n) is 2.43. The maximum atomic E-state index is 11.5. The first-order chi connectivity index (χ1) is 7.25. The predicted molar refractivity (Wildman–Crippen MR) is 52.5 cm³/mol. The van der Waals surface area contributed by atoms with E-state index in [1.54, 1.807) is 13.0 Å². The standard InChI is InChI=1S/C10H14N2O3/c1-7-4-9(15-12-7)10(13)11-5-8-2-3-14-6-8/h4,8H,2-3,5-6H2,1H3,(H,11,13)/t8-/m0/s1. The second kappa shape index (κ2) is 4.44. The van der Waals surface area contributed by atoms with E-state index < -0.39 is 0 Å². The van der Waals surface area contributed by atoms with Crippen molar-refractivity contribution in [2.45, 2.75) is 13.3 Å². The van der Waals surface area contributed by atoms with Crippen LogP contribution in [0.3, 0.4) is 0 Å². The summed E-state index contributed by atoms with van der Waals surface area (Å²) < 4.78 is 10.1. The van der Waals surface area contributed by atoms with Crippen LogP contribution in [0.25, 0.3) is 0 Å². The summed E-state index contributed by atoms with van der Waals surface area (Å²) in [5.74, 6) is 0.492. The van der Waals surface area contributed by atoms with Gasteiger partial charge in [-0.3, -0.25) is 4.79 Å². The van der Waals surface area contributed by atoms with E-state index in [0.29, 0.717) is 18.2 Å². The van der Waals surface area contributed by atoms with Gasteiger partial charge in [0.15, 0.2) is 0 Å². The van der Waals surface area contributed by atoms with Crippen LogP contribution < -0.4 is 5.32 Å². The molecule has 1 amide bonds. The van der Waals surface area contributed by atoms with Gasteiger partial charge in [0.25, 0.3) is 5.91 Å². The van der Waals surface area contributed by atoms with E-state index in [0.717, 1.165) is 19.6 Å². The summed E-state index contributed by atoms with van der Waals surface area (Å²) in [5, 5.41) is 6.46. The molecular formula is C10H14N2O3. The lowest BCUT2D eigenvalue weighted by molar-refractivity contribution is 0.0908. The Bertz CT molecular complexity index is 342. The number of nitrogens with zero attached hydrogens (tertiary/aromatic N) is 1. The Morgan fingerprint density at radius 3 is 3.20 bits per heavy atom. The zero-order valence-corrected chi connectivity index (χ0v) is 8.66. The molecule has 1 N–H and O–H groups in total. The molecule has 2 heterocycles. The van der Waals surface area contributed by atoms with Gasteiger partial charge in [-0.2, -0.15) is 0 Å². The van der Waals surface area contributed by atoms with Crippen LogP contribution in [0.5, 0.6) is 0 Å². The Morgan fingerprint density at radius 1 is 1.73 bits per heavy atom. The quantitative estimate of drug-likeness (QED) is 0.799. The first-order valence-corrected chi connectivity index (χ1v) is 5.05. The molecule has 1 aromatic heterocycles. The molecule has 1 aromatic rings. The van der Waals surface area contributed by atoms with Gasteiger partial charge in [-0.05, 0) is 13.3 Å².